The van der Waals surface area contributed by atoms with E-state index in [0.29, 0.717) is 0 Å². The Hall–Kier alpha value is -1.94. The molecule has 0 aliphatic carbocycles. The number of aryl methyl sites for hydroxylation is 2. The summed E-state index contributed by atoms with van der Waals surface area (Å²) in [6.45, 7) is 7.25. The van der Waals surface area contributed by atoms with Gasteiger partial charge in [-0.05, 0) is 50.1 Å². The zero-order valence-corrected chi connectivity index (χ0v) is 16.6. The van der Waals surface area contributed by atoms with Crippen LogP contribution in [0.3, 0.4) is 0 Å². The van der Waals surface area contributed by atoms with Gasteiger partial charge in [0.05, 0.1) is 17.7 Å². The number of nitrogens with zero attached hydrogens (tertiary/aromatic N) is 3. The number of rotatable bonds is 5. The third-order valence-corrected chi connectivity index (χ3v) is 4.73. The minimum atomic E-state index is 0.939. The van der Waals surface area contributed by atoms with Gasteiger partial charge in [0.1, 0.15) is 0 Å². The Kier molecular flexibility index (Phi) is 6.32. The van der Waals surface area contributed by atoms with Crippen LogP contribution in [0.1, 0.15) is 29.2 Å². The largest absolute Gasteiger partial charge is 0.366 e. The predicted octanol–water partition coefficient (Wildman–Crippen LogP) is 5.14. The molecule has 2 aromatic rings. The van der Waals surface area contributed by atoms with Crippen LogP contribution in [-0.2, 0) is 0 Å². The number of benzene rings is 2. The van der Waals surface area contributed by atoms with Crippen molar-refractivity contribution in [1.29, 1.82) is 0 Å². The Morgan fingerprint density at radius 2 is 1.83 bits per heavy atom. The van der Waals surface area contributed by atoms with E-state index in [1.807, 2.05) is 38.6 Å². The van der Waals surface area contributed by atoms with Crippen molar-refractivity contribution in [3.05, 3.63) is 63.1 Å². The highest BCUT2D eigenvalue weighted by molar-refractivity contribution is 9.10. The van der Waals surface area contributed by atoms with Gasteiger partial charge in [0.15, 0.2) is 0 Å². The second-order valence-corrected chi connectivity index (χ2v) is 6.68. The smallest absolute Gasteiger partial charge is 0.0909 e. The summed E-state index contributed by atoms with van der Waals surface area (Å²) in [5.41, 5.74) is 6.55. The molecule has 0 fully saturated rings. The van der Waals surface area contributed by atoms with E-state index >= 15 is 0 Å². The summed E-state index contributed by atoms with van der Waals surface area (Å²) in [5.74, 6) is 0. The van der Waals surface area contributed by atoms with Crippen LogP contribution < -0.4 is 0 Å². The maximum absolute atomic E-state index is 4.61. The summed E-state index contributed by atoms with van der Waals surface area (Å²) in [6.07, 6.45) is 1.88. The van der Waals surface area contributed by atoms with Gasteiger partial charge in [-0.3, -0.25) is 4.99 Å². The molecule has 2 aromatic carbocycles. The van der Waals surface area contributed by atoms with Crippen LogP contribution >= 0.6 is 15.9 Å². The normalized spacial score (nSPS) is 12.0. The van der Waals surface area contributed by atoms with E-state index in [-0.39, 0.29) is 0 Å². The van der Waals surface area contributed by atoms with E-state index in [2.05, 4.69) is 69.8 Å². The summed E-state index contributed by atoms with van der Waals surface area (Å²) in [7, 11) is 3.86. The Bertz CT molecular complexity index is 778. The van der Waals surface area contributed by atoms with Crippen molar-refractivity contribution >= 4 is 33.7 Å². The van der Waals surface area contributed by atoms with Crippen LogP contribution in [-0.4, -0.2) is 37.6 Å². The van der Waals surface area contributed by atoms with Crippen LogP contribution in [0.2, 0.25) is 0 Å². The highest BCUT2D eigenvalue weighted by Gasteiger charge is 2.13. The lowest BCUT2D eigenvalue weighted by molar-refractivity contribution is 0.552. The number of hydrogen-bond donors (Lipinski definition) is 0. The number of halogens is 1. The predicted molar refractivity (Wildman–Crippen MR) is 108 cm³/mol. The monoisotopic (exact) mass is 385 g/mol. The minimum Gasteiger partial charge on any atom is -0.366 e. The third-order valence-electron chi connectivity index (χ3n) is 4.04. The molecule has 0 atom stereocenters. The van der Waals surface area contributed by atoms with Crippen molar-refractivity contribution < 1.29 is 0 Å². The zero-order valence-electron chi connectivity index (χ0n) is 15.0. The van der Waals surface area contributed by atoms with E-state index < -0.39 is 0 Å². The molecule has 0 heterocycles. The van der Waals surface area contributed by atoms with E-state index in [4.69, 9.17) is 0 Å². The molecule has 0 amide bonds. The van der Waals surface area contributed by atoms with Crippen molar-refractivity contribution in [2.75, 3.05) is 20.6 Å². The molecular formula is C20H24BrN3. The maximum Gasteiger partial charge on any atom is 0.0909 e. The Labute approximate surface area is 153 Å². The van der Waals surface area contributed by atoms with Crippen molar-refractivity contribution in [1.82, 2.24) is 4.90 Å². The van der Waals surface area contributed by atoms with Gasteiger partial charge in [-0.25, -0.2) is 4.99 Å². The lowest BCUT2D eigenvalue weighted by Gasteiger charge is -2.14. The van der Waals surface area contributed by atoms with Crippen LogP contribution in [0.5, 0.6) is 0 Å². The molecule has 0 bridgehead atoms. The fraction of sp³-hybridized carbons (Fsp3) is 0.300. The SMILES string of the molecule is CCN(C)C=Nc1cc(C)c(C(=NC)c2ccccc2Br)cc1C. The molecule has 24 heavy (non-hydrogen) atoms. The van der Waals surface area contributed by atoms with Gasteiger partial charge in [0.2, 0.25) is 0 Å². The molecular weight excluding hydrogens is 362 g/mol. The molecule has 3 nitrogen and oxygen atoms in total. The van der Waals surface area contributed by atoms with Crippen LogP contribution in [0.25, 0.3) is 0 Å². The molecule has 2 rings (SSSR count). The fourth-order valence-corrected chi connectivity index (χ4v) is 2.95. The van der Waals surface area contributed by atoms with Gasteiger partial charge in [-0.2, -0.15) is 0 Å². The second-order valence-electron chi connectivity index (χ2n) is 5.82. The zero-order chi connectivity index (χ0) is 17.7. The Morgan fingerprint density at radius 3 is 2.46 bits per heavy atom. The highest BCUT2D eigenvalue weighted by Crippen LogP contribution is 2.27. The first-order chi connectivity index (χ1) is 11.5. The van der Waals surface area contributed by atoms with Gasteiger partial charge in [0, 0.05) is 36.2 Å². The molecule has 0 unspecified atom stereocenters. The molecule has 0 saturated heterocycles. The van der Waals surface area contributed by atoms with Crippen molar-refractivity contribution in [2.45, 2.75) is 20.8 Å². The summed E-state index contributed by atoms with van der Waals surface area (Å²) >= 11 is 3.63. The molecule has 0 N–H and O–H groups in total. The molecule has 0 aromatic heterocycles. The number of hydrogen-bond acceptors (Lipinski definition) is 2. The van der Waals surface area contributed by atoms with Crippen molar-refractivity contribution in [3.8, 4) is 0 Å². The molecule has 126 valence electrons. The van der Waals surface area contributed by atoms with Crippen LogP contribution in [0.4, 0.5) is 5.69 Å². The summed E-state index contributed by atoms with van der Waals surface area (Å²) in [5, 5.41) is 0. The average Bonchev–Trinajstić information content (AvgIpc) is 2.58. The van der Waals surface area contributed by atoms with Gasteiger partial charge < -0.3 is 4.90 Å². The van der Waals surface area contributed by atoms with Gasteiger partial charge in [-0.15, -0.1) is 0 Å². The second kappa shape index (κ2) is 8.25. The van der Waals surface area contributed by atoms with Gasteiger partial charge in [-0.1, -0.05) is 34.1 Å². The van der Waals surface area contributed by atoms with Crippen molar-refractivity contribution in [3.63, 3.8) is 0 Å². The van der Waals surface area contributed by atoms with Crippen molar-refractivity contribution in [2.24, 2.45) is 9.98 Å². The van der Waals surface area contributed by atoms with Gasteiger partial charge in [0.25, 0.3) is 0 Å². The minimum absolute atomic E-state index is 0.939. The maximum atomic E-state index is 4.61. The molecule has 0 aliphatic rings. The Morgan fingerprint density at radius 1 is 1.12 bits per heavy atom. The van der Waals surface area contributed by atoms with E-state index in [0.717, 1.165) is 39.1 Å². The fourth-order valence-electron chi connectivity index (χ4n) is 2.48. The quantitative estimate of drug-likeness (QED) is 0.516. The molecule has 0 spiro atoms. The van der Waals surface area contributed by atoms with Crippen LogP contribution in [0.15, 0.2) is 50.9 Å². The molecule has 0 aliphatic heterocycles. The highest BCUT2D eigenvalue weighted by atomic mass is 79.9. The first kappa shape index (κ1) is 18.4. The Balaban J connectivity index is 2.47. The number of aliphatic imine (C=N–C) groups is 2. The summed E-state index contributed by atoms with van der Waals surface area (Å²) in [6, 6.07) is 12.5. The first-order valence-electron chi connectivity index (χ1n) is 8.05. The van der Waals surface area contributed by atoms with Crippen LogP contribution in [0, 0.1) is 13.8 Å². The van der Waals surface area contributed by atoms with Gasteiger partial charge >= 0.3 is 0 Å². The average molecular weight is 386 g/mol. The van der Waals surface area contributed by atoms with E-state index in [1.54, 1.807) is 0 Å². The van der Waals surface area contributed by atoms with E-state index in [9.17, 15) is 0 Å². The molecule has 0 saturated carbocycles. The van der Waals surface area contributed by atoms with E-state index in [1.165, 1.54) is 5.56 Å². The lowest BCUT2D eigenvalue weighted by Crippen LogP contribution is -2.14. The summed E-state index contributed by atoms with van der Waals surface area (Å²) in [4.78, 5) is 11.2. The molecule has 0 radical (unpaired) electrons. The standard InChI is InChI=1S/C20H24BrN3/c1-6-24(5)13-23-19-12-14(2)17(11-15(19)3)20(22-4)16-9-7-8-10-18(16)21/h7-13H,6H2,1-5H3. The summed E-state index contributed by atoms with van der Waals surface area (Å²) < 4.78 is 1.05. The first-order valence-corrected chi connectivity index (χ1v) is 8.85. The molecule has 4 heteroatoms. The third kappa shape index (κ3) is 4.12. The lowest BCUT2D eigenvalue weighted by atomic mass is 9.95. The topological polar surface area (TPSA) is 28.0 Å².